The van der Waals surface area contributed by atoms with Gasteiger partial charge in [0.1, 0.15) is 0 Å². The molecule has 7 heteroatoms. The molecule has 2 N–H and O–H groups in total. The number of hydrogen-bond donors (Lipinski definition) is 2. The first-order valence-electron chi connectivity index (χ1n) is 6.26. The molecular weight excluding hydrogens is 274 g/mol. The van der Waals surface area contributed by atoms with Crippen LogP contribution < -0.4 is 15.5 Å². The topological polar surface area (TPSA) is 70.1 Å². The highest BCUT2D eigenvalue weighted by Crippen LogP contribution is 2.20. The maximum Gasteiger partial charge on any atom is 0.286 e. The summed E-state index contributed by atoms with van der Waals surface area (Å²) in [6.45, 7) is 2.72. The lowest BCUT2D eigenvalue weighted by Crippen LogP contribution is -2.13. The highest BCUT2D eigenvalue weighted by molar-refractivity contribution is 7.17. The van der Waals surface area contributed by atoms with Gasteiger partial charge in [-0.2, -0.15) is 0 Å². The molecule has 0 saturated carbocycles. The van der Waals surface area contributed by atoms with Crippen LogP contribution in [0.25, 0.3) is 0 Å². The molecule has 0 fully saturated rings. The largest absolute Gasteiger partial charge is 0.378 e. The summed E-state index contributed by atoms with van der Waals surface area (Å²) in [5, 5.41) is 14.6. The summed E-state index contributed by atoms with van der Waals surface area (Å²) in [7, 11) is 3.91. The fraction of sp³-hybridized carbons (Fsp3) is 0.308. The molecule has 20 heavy (non-hydrogen) atoms. The van der Waals surface area contributed by atoms with Gasteiger partial charge in [-0.05, 0) is 25.1 Å². The number of aromatic nitrogens is 2. The zero-order chi connectivity index (χ0) is 14.5. The Bertz CT molecular complexity index is 596. The lowest BCUT2D eigenvalue weighted by atomic mass is 10.2. The SMILES string of the molecule is CCNc1nnc(C(=O)Nc2cccc(N(C)C)c2)s1. The molecule has 0 saturated heterocycles. The Morgan fingerprint density at radius 3 is 2.85 bits per heavy atom. The Balaban J connectivity index is 2.08. The first-order valence-corrected chi connectivity index (χ1v) is 7.08. The van der Waals surface area contributed by atoms with Crippen molar-refractivity contribution in [3.05, 3.63) is 29.3 Å². The summed E-state index contributed by atoms with van der Waals surface area (Å²) in [4.78, 5) is 14.0. The molecule has 2 aromatic rings. The molecule has 1 heterocycles. The lowest BCUT2D eigenvalue weighted by molar-refractivity contribution is 0.102. The Morgan fingerprint density at radius 1 is 1.35 bits per heavy atom. The number of anilines is 3. The van der Waals surface area contributed by atoms with Gasteiger partial charge in [0.2, 0.25) is 10.1 Å². The van der Waals surface area contributed by atoms with Gasteiger partial charge in [0.25, 0.3) is 5.91 Å². The Kier molecular flexibility index (Phi) is 4.52. The molecule has 106 valence electrons. The molecule has 0 bridgehead atoms. The van der Waals surface area contributed by atoms with E-state index in [4.69, 9.17) is 0 Å². The van der Waals surface area contributed by atoms with Gasteiger partial charge in [-0.1, -0.05) is 17.4 Å². The zero-order valence-corrected chi connectivity index (χ0v) is 12.5. The minimum absolute atomic E-state index is 0.248. The Labute approximate surface area is 121 Å². The third-order valence-electron chi connectivity index (χ3n) is 2.57. The maximum absolute atomic E-state index is 12.1. The van der Waals surface area contributed by atoms with Crippen molar-refractivity contribution in [2.45, 2.75) is 6.92 Å². The molecule has 1 aromatic heterocycles. The monoisotopic (exact) mass is 291 g/mol. The van der Waals surface area contributed by atoms with E-state index in [1.165, 1.54) is 11.3 Å². The summed E-state index contributed by atoms with van der Waals surface area (Å²) in [6, 6.07) is 7.63. The van der Waals surface area contributed by atoms with Crippen LogP contribution in [0.5, 0.6) is 0 Å². The minimum atomic E-state index is -0.248. The second-order valence-electron chi connectivity index (χ2n) is 4.34. The number of hydrogen-bond acceptors (Lipinski definition) is 6. The summed E-state index contributed by atoms with van der Waals surface area (Å²) in [5.41, 5.74) is 1.76. The molecule has 0 aliphatic carbocycles. The fourth-order valence-corrected chi connectivity index (χ4v) is 2.29. The molecular formula is C13H17N5OS. The molecule has 2 rings (SSSR count). The Morgan fingerprint density at radius 2 is 2.15 bits per heavy atom. The number of nitrogens with zero attached hydrogens (tertiary/aromatic N) is 3. The van der Waals surface area contributed by atoms with Gasteiger partial charge in [-0.25, -0.2) is 0 Å². The van der Waals surface area contributed by atoms with E-state index in [0.717, 1.165) is 17.9 Å². The van der Waals surface area contributed by atoms with Gasteiger partial charge >= 0.3 is 0 Å². The van der Waals surface area contributed by atoms with Crippen molar-refractivity contribution in [1.82, 2.24) is 10.2 Å². The van der Waals surface area contributed by atoms with Crippen LogP contribution in [0, 0.1) is 0 Å². The maximum atomic E-state index is 12.1. The highest BCUT2D eigenvalue weighted by atomic mass is 32.1. The van der Waals surface area contributed by atoms with E-state index < -0.39 is 0 Å². The smallest absolute Gasteiger partial charge is 0.286 e. The van der Waals surface area contributed by atoms with Crippen molar-refractivity contribution in [2.24, 2.45) is 0 Å². The fourth-order valence-electron chi connectivity index (χ4n) is 1.58. The number of nitrogens with one attached hydrogen (secondary N) is 2. The molecule has 0 radical (unpaired) electrons. The molecule has 1 amide bonds. The van der Waals surface area contributed by atoms with Gasteiger partial charge in [-0.3, -0.25) is 4.79 Å². The predicted octanol–water partition coefficient (Wildman–Crippen LogP) is 2.29. The normalized spacial score (nSPS) is 10.2. The van der Waals surface area contributed by atoms with E-state index >= 15 is 0 Å². The van der Waals surface area contributed by atoms with Crippen molar-refractivity contribution < 1.29 is 4.79 Å². The van der Waals surface area contributed by atoms with Crippen LogP contribution in [0.4, 0.5) is 16.5 Å². The first kappa shape index (κ1) is 14.3. The van der Waals surface area contributed by atoms with Crippen molar-refractivity contribution in [1.29, 1.82) is 0 Å². The van der Waals surface area contributed by atoms with E-state index in [1.54, 1.807) is 0 Å². The van der Waals surface area contributed by atoms with Crippen molar-refractivity contribution in [2.75, 3.05) is 36.2 Å². The molecule has 1 aromatic carbocycles. The third kappa shape index (κ3) is 3.45. The Hall–Kier alpha value is -2.15. The van der Waals surface area contributed by atoms with Crippen LogP contribution in [-0.2, 0) is 0 Å². The number of carbonyl (C=O) groups excluding carboxylic acids is 1. The van der Waals surface area contributed by atoms with Gasteiger partial charge in [-0.15, -0.1) is 10.2 Å². The molecule has 0 spiro atoms. The highest BCUT2D eigenvalue weighted by Gasteiger charge is 2.13. The van der Waals surface area contributed by atoms with Crippen LogP contribution in [0.15, 0.2) is 24.3 Å². The summed E-state index contributed by atoms with van der Waals surface area (Å²) in [5.74, 6) is -0.248. The third-order valence-corrected chi connectivity index (χ3v) is 3.45. The van der Waals surface area contributed by atoms with E-state index in [1.807, 2.05) is 50.2 Å². The molecule has 0 atom stereocenters. The lowest BCUT2D eigenvalue weighted by Gasteiger charge is -2.13. The quantitative estimate of drug-likeness (QED) is 0.884. The van der Waals surface area contributed by atoms with Crippen LogP contribution in [0.3, 0.4) is 0 Å². The van der Waals surface area contributed by atoms with Crippen molar-refractivity contribution in [3.8, 4) is 0 Å². The van der Waals surface area contributed by atoms with E-state index in [0.29, 0.717) is 10.1 Å². The number of amides is 1. The van der Waals surface area contributed by atoms with Gasteiger partial charge in [0.05, 0.1) is 0 Å². The van der Waals surface area contributed by atoms with Crippen molar-refractivity contribution in [3.63, 3.8) is 0 Å². The van der Waals surface area contributed by atoms with Crippen LogP contribution in [-0.4, -0.2) is 36.7 Å². The minimum Gasteiger partial charge on any atom is -0.378 e. The zero-order valence-electron chi connectivity index (χ0n) is 11.7. The predicted molar refractivity (Wildman–Crippen MR) is 82.8 cm³/mol. The summed E-state index contributed by atoms with van der Waals surface area (Å²) >= 11 is 1.24. The molecule has 0 unspecified atom stereocenters. The number of benzene rings is 1. The standard InChI is InChI=1S/C13H17N5OS/c1-4-14-13-17-16-12(20-13)11(19)15-9-6-5-7-10(8-9)18(2)3/h5-8H,4H2,1-3H3,(H,14,17)(H,15,19). The average Bonchev–Trinajstić information content (AvgIpc) is 2.88. The summed E-state index contributed by atoms with van der Waals surface area (Å²) in [6.07, 6.45) is 0. The van der Waals surface area contributed by atoms with Crippen LogP contribution in [0.2, 0.25) is 0 Å². The number of carbonyl (C=O) groups is 1. The summed E-state index contributed by atoms with van der Waals surface area (Å²) < 4.78 is 0. The number of rotatable bonds is 5. The van der Waals surface area contributed by atoms with E-state index in [2.05, 4.69) is 20.8 Å². The van der Waals surface area contributed by atoms with Gasteiger partial charge < -0.3 is 15.5 Å². The van der Waals surface area contributed by atoms with E-state index in [9.17, 15) is 4.79 Å². The van der Waals surface area contributed by atoms with Crippen molar-refractivity contribution >= 4 is 33.8 Å². The van der Waals surface area contributed by atoms with E-state index in [-0.39, 0.29) is 5.91 Å². The van der Waals surface area contributed by atoms with Crippen LogP contribution >= 0.6 is 11.3 Å². The molecule has 0 aliphatic heterocycles. The van der Waals surface area contributed by atoms with Crippen LogP contribution in [0.1, 0.15) is 16.7 Å². The van der Waals surface area contributed by atoms with Gasteiger partial charge in [0, 0.05) is 32.0 Å². The average molecular weight is 291 g/mol. The first-order chi connectivity index (χ1) is 9.60. The second kappa shape index (κ2) is 6.33. The molecule has 6 nitrogen and oxygen atoms in total. The second-order valence-corrected chi connectivity index (χ2v) is 5.32. The molecule has 0 aliphatic rings. The van der Waals surface area contributed by atoms with Gasteiger partial charge in [0.15, 0.2) is 0 Å².